The first kappa shape index (κ1) is 26.2. The smallest absolute Gasteiger partial charge is 0.417 e. The van der Waals surface area contributed by atoms with Crippen LogP contribution in [-0.2, 0) is 6.18 Å². The first-order valence-corrected chi connectivity index (χ1v) is 12.2. The van der Waals surface area contributed by atoms with Crippen LogP contribution in [0.15, 0.2) is 67.0 Å². The molecule has 1 aliphatic rings. The SMILES string of the molecule is CCCOc1ccc(C(=O)N2CCC(c3ccc(NC(=O)c4cncc(C(F)(F)F)c4)cc3)CC2)cc1. The number of halogens is 3. The molecule has 1 aromatic heterocycles. The van der Waals surface area contributed by atoms with Crippen LogP contribution in [0.4, 0.5) is 18.9 Å². The molecule has 3 aromatic rings. The van der Waals surface area contributed by atoms with Crippen molar-refractivity contribution in [3.05, 3.63) is 89.2 Å². The first-order chi connectivity index (χ1) is 17.7. The van der Waals surface area contributed by atoms with Gasteiger partial charge in [0.05, 0.1) is 17.7 Å². The molecule has 6 nitrogen and oxygen atoms in total. The van der Waals surface area contributed by atoms with Crippen LogP contribution in [0.3, 0.4) is 0 Å². The summed E-state index contributed by atoms with van der Waals surface area (Å²) in [5, 5.41) is 2.61. The van der Waals surface area contributed by atoms with E-state index >= 15 is 0 Å². The highest BCUT2D eigenvalue weighted by Crippen LogP contribution is 2.31. The standard InChI is InChI=1S/C28H28F3N3O3/c1-2-15-37-25-9-5-21(6-10-25)27(36)34-13-11-20(12-14-34)19-3-7-24(8-4-19)33-26(35)22-16-23(18-32-17-22)28(29,30)31/h3-10,16-18,20H,2,11-15H2,1H3,(H,33,35). The number of amides is 2. The minimum Gasteiger partial charge on any atom is -0.494 e. The summed E-state index contributed by atoms with van der Waals surface area (Å²) >= 11 is 0. The molecule has 1 N–H and O–H groups in total. The van der Waals surface area contributed by atoms with Gasteiger partial charge in [-0.15, -0.1) is 0 Å². The molecule has 2 heterocycles. The number of anilines is 1. The number of hydrogen-bond acceptors (Lipinski definition) is 4. The summed E-state index contributed by atoms with van der Waals surface area (Å²) in [6, 6.07) is 15.3. The molecule has 2 amide bonds. The van der Waals surface area contributed by atoms with Gasteiger partial charge in [0.15, 0.2) is 0 Å². The zero-order chi connectivity index (χ0) is 26.4. The van der Waals surface area contributed by atoms with Crippen molar-refractivity contribution in [1.29, 1.82) is 0 Å². The molecule has 0 spiro atoms. The molecule has 194 valence electrons. The number of rotatable bonds is 7. The monoisotopic (exact) mass is 511 g/mol. The summed E-state index contributed by atoms with van der Waals surface area (Å²) < 4.78 is 44.2. The first-order valence-electron chi connectivity index (χ1n) is 12.2. The van der Waals surface area contributed by atoms with Crippen molar-refractivity contribution in [2.45, 2.75) is 38.3 Å². The molecule has 0 saturated carbocycles. The second-order valence-electron chi connectivity index (χ2n) is 8.98. The van der Waals surface area contributed by atoms with Crippen molar-refractivity contribution >= 4 is 17.5 Å². The summed E-state index contributed by atoms with van der Waals surface area (Å²) in [6.45, 7) is 3.95. The number of likely N-dealkylation sites (tertiary alicyclic amines) is 1. The van der Waals surface area contributed by atoms with Gasteiger partial charge in [-0.1, -0.05) is 19.1 Å². The summed E-state index contributed by atoms with van der Waals surface area (Å²) in [6.07, 6.45) is -0.244. The predicted molar refractivity (Wildman–Crippen MR) is 134 cm³/mol. The average molecular weight is 512 g/mol. The Hall–Kier alpha value is -3.88. The van der Waals surface area contributed by atoms with E-state index in [2.05, 4.69) is 10.3 Å². The number of piperidine rings is 1. The molecule has 9 heteroatoms. The molecule has 1 fully saturated rings. The lowest BCUT2D eigenvalue weighted by Crippen LogP contribution is -2.37. The number of aromatic nitrogens is 1. The molecule has 37 heavy (non-hydrogen) atoms. The van der Waals surface area contributed by atoms with E-state index in [1.807, 2.05) is 36.1 Å². The van der Waals surface area contributed by atoms with Crippen LogP contribution in [0, 0.1) is 0 Å². The highest BCUT2D eigenvalue weighted by Gasteiger charge is 2.31. The summed E-state index contributed by atoms with van der Waals surface area (Å²) in [5.74, 6) is 0.361. The van der Waals surface area contributed by atoms with Gasteiger partial charge in [0.1, 0.15) is 5.75 Å². The van der Waals surface area contributed by atoms with Crippen molar-refractivity contribution < 1.29 is 27.5 Å². The summed E-state index contributed by atoms with van der Waals surface area (Å²) in [7, 11) is 0. The Bertz CT molecular complexity index is 1220. The number of benzene rings is 2. The molecule has 0 unspecified atom stereocenters. The molecule has 2 aromatic carbocycles. The van der Waals surface area contributed by atoms with Gasteiger partial charge in [0, 0.05) is 36.7 Å². The molecule has 1 aliphatic heterocycles. The largest absolute Gasteiger partial charge is 0.494 e. The third-order valence-corrected chi connectivity index (χ3v) is 6.32. The van der Waals surface area contributed by atoms with Crippen LogP contribution in [-0.4, -0.2) is 41.4 Å². The van der Waals surface area contributed by atoms with Gasteiger partial charge in [0.2, 0.25) is 0 Å². The van der Waals surface area contributed by atoms with E-state index in [-0.39, 0.29) is 17.4 Å². The Balaban J connectivity index is 1.30. The van der Waals surface area contributed by atoms with Crippen LogP contribution in [0.25, 0.3) is 0 Å². The maximum atomic E-state index is 12.9. The zero-order valence-corrected chi connectivity index (χ0v) is 20.4. The minimum atomic E-state index is -4.57. The van der Waals surface area contributed by atoms with Gasteiger partial charge in [-0.2, -0.15) is 13.2 Å². The summed E-state index contributed by atoms with van der Waals surface area (Å²) in [5.41, 5.74) is 1.06. The number of carbonyl (C=O) groups excluding carboxylic acids is 2. The number of alkyl halides is 3. The number of nitrogens with one attached hydrogen (secondary N) is 1. The number of carbonyl (C=O) groups is 2. The average Bonchev–Trinajstić information content (AvgIpc) is 2.92. The third-order valence-electron chi connectivity index (χ3n) is 6.32. The van der Waals surface area contributed by atoms with E-state index in [1.54, 1.807) is 24.3 Å². The van der Waals surface area contributed by atoms with E-state index in [0.717, 1.165) is 42.8 Å². The Morgan fingerprint density at radius 2 is 1.68 bits per heavy atom. The predicted octanol–water partition coefficient (Wildman–Crippen LogP) is 6.16. The molecule has 0 radical (unpaired) electrons. The molecule has 0 bridgehead atoms. The van der Waals surface area contributed by atoms with Gasteiger partial charge in [0.25, 0.3) is 11.8 Å². The van der Waals surface area contributed by atoms with E-state index in [9.17, 15) is 22.8 Å². The molecule has 4 rings (SSSR count). The van der Waals surface area contributed by atoms with E-state index in [4.69, 9.17) is 4.74 Å². The van der Waals surface area contributed by atoms with Crippen molar-refractivity contribution in [2.75, 3.05) is 25.0 Å². The van der Waals surface area contributed by atoms with Crippen LogP contribution < -0.4 is 10.1 Å². The lowest BCUT2D eigenvalue weighted by Gasteiger charge is -2.32. The highest BCUT2D eigenvalue weighted by atomic mass is 19.4. The fourth-order valence-corrected chi connectivity index (χ4v) is 4.27. The van der Waals surface area contributed by atoms with Crippen molar-refractivity contribution in [1.82, 2.24) is 9.88 Å². The van der Waals surface area contributed by atoms with Crippen LogP contribution >= 0.6 is 0 Å². The van der Waals surface area contributed by atoms with Gasteiger partial charge in [-0.3, -0.25) is 14.6 Å². The van der Waals surface area contributed by atoms with Gasteiger partial charge in [-0.05, 0) is 73.2 Å². The minimum absolute atomic E-state index is 0.00244. The third kappa shape index (κ3) is 6.67. The highest BCUT2D eigenvalue weighted by molar-refractivity contribution is 6.04. The fraction of sp³-hybridized carbons (Fsp3) is 0.321. The van der Waals surface area contributed by atoms with E-state index in [0.29, 0.717) is 37.1 Å². The van der Waals surface area contributed by atoms with Crippen molar-refractivity contribution in [3.8, 4) is 5.75 Å². The molecular weight excluding hydrogens is 483 g/mol. The zero-order valence-electron chi connectivity index (χ0n) is 20.4. The molecule has 0 aliphatic carbocycles. The summed E-state index contributed by atoms with van der Waals surface area (Å²) in [4.78, 5) is 30.7. The van der Waals surface area contributed by atoms with Crippen LogP contribution in [0.1, 0.15) is 63.9 Å². The molecule has 1 saturated heterocycles. The molecular formula is C28H28F3N3O3. The Morgan fingerprint density at radius 1 is 1.00 bits per heavy atom. The Morgan fingerprint density at radius 3 is 2.30 bits per heavy atom. The van der Waals surface area contributed by atoms with Crippen molar-refractivity contribution in [3.63, 3.8) is 0 Å². The van der Waals surface area contributed by atoms with Gasteiger partial charge >= 0.3 is 6.18 Å². The Kier molecular flexibility index (Phi) is 8.11. The van der Waals surface area contributed by atoms with Gasteiger partial charge in [-0.25, -0.2) is 0 Å². The second kappa shape index (κ2) is 11.5. The lowest BCUT2D eigenvalue weighted by molar-refractivity contribution is -0.137. The molecule has 0 atom stereocenters. The number of hydrogen-bond donors (Lipinski definition) is 1. The van der Waals surface area contributed by atoms with E-state index < -0.39 is 17.6 Å². The topological polar surface area (TPSA) is 71.5 Å². The normalized spacial score (nSPS) is 14.3. The fourth-order valence-electron chi connectivity index (χ4n) is 4.27. The van der Waals surface area contributed by atoms with Gasteiger partial charge < -0.3 is 15.0 Å². The second-order valence-corrected chi connectivity index (χ2v) is 8.98. The lowest BCUT2D eigenvalue weighted by atomic mass is 9.89. The van der Waals surface area contributed by atoms with Crippen LogP contribution in [0.2, 0.25) is 0 Å². The Labute approximate surface area is 213 Å². The maximum Gasteiger partial charge on any atom is 0.417 e. The van der Waals surface area contributed by atoms with E-state index in [1.165, 1.54) is 0 Å². The quantitative estimate of drug-likeness (QED) is 0.412. The maximum absolute atomic E-state index is 12.9. The van der Waals surface area contributed by atoms with Crippen LogP contribution in [0.5, 0.6) is 5.75 Å². The number of ether oxygens (including phenoxy) is 1. The number of nitrogens with zero attached hydrogens (tertiary/aromatic N) is 2. The number of pyridine rings is 1. The van der Waals surface area contributed by atoms with Crippen molar-refractivity contribution in [2.24, 2.45) is 0 Å².